The Morgan fingerprint density at radius 1 is 1.20 bits per heavy atom. The van der Waals surface area contributed by atoms with Crippen molar-refractivity contribution in [2.45, 2.75) is 0 Å². The van der Waals surface area contributed by atoms with Crippen LogP contribution in [0.1, 0.15) is 0 Å². The zero-order valence-electron chi connectivity index (χ0n) is 10.7. The van der Waals surface area contributed by atoms with Gasteiger partial charge in [0.15, 0.2) is 0 Å². The van der Waals surface area contributed by atoms with Crippen LogP contribution in [-0.2, 0) is 0 Å². The molecule has 0 spiro atoms. The summed E-state index contributed by atoms with van der Waals surface area (Å²) in [4.78, 5) is 16.7. The number of hydrogen-bond donors (Lipinski definition) is 0. The Kier molecular flexibility index (Phi) is 3.28. The van der Waals surface area contributed by atoms with Gasteiger partial charge in [0.1, 0.15) is 11.4 Å². The van der Waals surface area contributed by atoms with E-state index >= 15 is 0 Å². The Hall–Kier alpha value is -2.14. The average molecular weight is 331 g/mol. The third-order valence-electron chi connectivity index (χ3n) is 2.99. The van der Waals surface area contributed by atoms with Crippen LogP contribution < -0.4 is 10.3 Å². The minimum Gasteiger partial charge on any atom is -0.497 e. The molecule has 0 N–H and O–H groups in total. The molecular formula is C15H11BrN2O2. The topological polar surface area (TPSA) is 43.6 Å². The number of nitrogens with zero attached hydrogens (tertiary/aromatic N) is 2. The fraction of sp³-hybridized carbons (Fsp3) is 0.0667. The SMILES string of the molecule is COc1cccc(-c2cc(=O)n3cc(Br)ccc3n2)c1. The Morgan fingerprint density at radius 2 is 2.05 bits per heavy atom. The van der Waals surface area contributed by atoms with E-state index in [1.165, 1.54) is 10.5 Å². The molecule has 3 aromatic rings. The van der Waals surface area contributed by atoms with Gasteiger partial charge in [0.25, 0.3) is 5.56 Å². The fourth-order valence-electron chi connectivity index (χ4n) is 2.01. The quantitative estimate of drug-likeness (QED) is 0.725. The highest BCUT2D eigenvalue weighted by molar-refractivity contribution is 9.10. The molecule has 4 nitrogen and oxygen atoms in total. The van der Waals surface area contributed by atoms with E-state index in [4.69, 9.17) is 4.74 Å². The minimum atomic E-state index is -0.117. The van der Waals surface area contributed by atoms with Crippen LogP contribution in [0.2, 0.25) is 0 Å². The third kappa shape index (κ3) is 2.32. The molecule has 2 aromatic heterocycles. The molecule has 0 aliphatic carbocycles. The van der Waals surface area contributed by atoms with Crippen LogP contribution in [0, 0.1) is 0 Å². The second kappa shape index (κ2) is 5.09. The van der Waals surface area contributed by atoms with Gasteiger partial charge in [0.2, 0.25) is 0 Å². The van der Waals surface area contributed by atoms with Crippen LogP contribution in [0.4, 0.5) is 0 Å². The summed E-state index contributed by atoms with van der Waals surface area (Å²) in [6, 6.07) is 12.7. The molecule has 0 aliphatic heterocycles. The summed E-state index contributed by atoms with van der Waals surface area (Å²) >= 11 is 3.34. The third-order valence-corrected chi connectivity index (χ3v) is 3.46. The van der Waals surface area contributed by atoms with Gasteiger partial charge in [0, 0.05) is 22.3 Å². The lowest BCUT2D eigenvalue weighted by molar-refractivity contribution is 0.415. The molecule has 0 bridgehead atoms. The highest BCUT2D eigenvalue weighted by Gasteiger charge is 2.06. The monoisotopic (exact) mass is 330 g/mol. The summed E-state index contributed by atoms with van der Waals surface area (Å²) in [6.45, 7) is 0. The Morgan fingerprint density at radius 3 is 2.85 bits per heavy atom. The molecule has 0 atom stereocenters. The predicted molar refractivity (Wildman–Crippen MR) is 81.2 cm³/mol. The number of ether oxygens (including phenoxy) is 1. The molecule has 0 radical (unpaired) electrons. The van der Waals surface area contributed by atoms with E-state index < -0.39 is 0 Å². The lowest BCUT2D eigenvalue weighted by Gasteiger charge is -2.06. The molecule has 20 heavy (non-hydrogen) atoms. The molecule has 0 saturated carbocycles. The van der Waals surface area contributed by atoms with E-state index in [1.54, 1.807) is 19.4 Å². The van der Waals surface area contributed by atoms with E-state index in [1.807, 2.05) is 30.3 Å². The summed E-state index contributed by atoms with van der Waals surface area (Å²) in [7, 11) is 1.61. The zero-order chi connectivity index (χ0) is 14.1. The van der Waals surface area contributed by atoms with Gasteiger partial charge in [-0.05, 0) is 40.2 Å². The van der Waals surface area contributed by atoms with Gasteiger partial charge in [-0.1, -0.05) is 12.1 Å². The Balaban J connectivity index is 2.22. The normalized spacial score (nSPS) is 10.7. The number of pyridine rings is 1. The predicted octanol–water partition coefficient (Wildman–Crippen LogP) is 3.13. The molecule has 0 saturated heterocycles. The van der Waals surface area contributed by atoms with Crippen LogP contribution in [0.25, 0.3) is 16.9 Å². The molecule has 0 aliphatic rings. The number of halogens is 1. The van der Waals surface area contributed by atoms with Crippen molar-refractivity contribution in [1.82, 2.24) is 9.38 Å². The first kappa shape index (κ1) is 12.9. The molecule has 0 fully saturated rings. The molecule has 5 heteroatoms. The first-order valence-corrected chi connectivity index (χ1v) is 6.80. The lowest BCUT2D eigenvalue weighted by Crippen LogP contribution is -2.14. The van der Waals surface area contributed by atoms with Crippen molar-refractivity contribution in [1.29, 1.82) is 0 Å². The van der Waals surface area contributed by atoms with E-state index in [-0.39, 0.29) is 5.56 Å². The maximum Gasteiger partial charge on any atom is 0.258 e. The lowest BCUT2D eigenvalue weighted by atomic mass is 10.1. The van der Waals surface area contributed by atoms with Crippen LogP contribution in [-0.4, -0.2) is 16.5 Å². The second-order valence-electron chi connectivity index (χ2n) is 4.29. The van der Waals surface area contributed by atoms with Crippen LogP contribution in [0.3, 0.4) is 0 Å². The van der Waals surface area contributed by atoms with E-state index in [9.17, 15) is 4.79 Å². The molecule has 100 valence electrons. The maximum absolute atomic E-state index is 12.2. The summed E-state index contributed by atoms with van der Waals surface area (Å²) in [6.07, 6.45) is 1.71. The summed E-state index contributed by atoms with van der Waals surface area (Å²) in [5.41, 5.74) is 1.98. The highest BCUT2D eigenvalue weighted by Crippen LogP contribution is 2.21. The average Bonchev–Trinajstić information content (AvgIpc) is 2.48. The number of rotatable bonds is 2. The standard InChI is InChI=1S/C15H11BrN2O2/c1-20-12-4-2-3-10(7-12)13-8-15(19)18-9-11(16)5-6-14(18)17-13/h2-9H,1H3. The van der Waals surface area contributed by atoms with Gasteiger partial charge < -0.3 is 4.74 Å². The smallest absolute Gasteiger partial charge is 0.258 e. The Bertz CT molecular complexity index is 843. The maximum atomic E-state index is 12.2. The zero-order valence-corrected chi connectivity index (χ0v) is 12.3. The van der Waals surface area contributed by atoms with Gasteiger partial charge in [0.05, 0.1) is 12.8 Å². The first-order chi connectivity index (χ1) is 9.67. The first-order valence-electron chi connectivity index (χ1n) is 6.01. The number of aromatic nitrogens is 2. The second-order valence-corrected chi connectivity index (χ2v) is 5.20. The van der Waals surface area contributed by atoms with Gasteiger partial charge in [-0.15, -0.1) is 0 Å². The van der Waals surface area contributed by atoms with Crippen LogP contribution in [0.5, 0.6) is 5.75 Å². The summed E-state index contributed by atoms with van der Waals surface area (Å²) in [5.74, 6) is 0.736. The van der Waals surface area contributed by atoms with Crippen molar-refractivity contribution >= 4 is 21.6 Å². The van der Waals surface area contributed by atoms with Gasteiger partial charge >= 0.3 is 0 Å². The number of hydrogen-bond acceptors (Lipinski definition) is 3. The molecule has 0 amide bonds. The highest BCUT2D eigenvalue weighted by atomic mass is 79.9. The van der Waals surface area contributed by atoms with Crippen molar-refractivity contribution in [2.24, 2.45) is 0 Å². The number of benzene rings is 1. The molecule has 1 aromatic carbocycles. The largest absolute Gasteiger partial charge is 0.497 e. The summed E-state index contributed by atoms with van der Waals surface area (Å²) in [5, 5.41) is 0. The van der Waals surface area contributed by atoms with Gasteiger partial charge in [-0.3, -0.25) is 9.20 Å². The Labute approximate surface area is 123 Å². The minimum absolute atomic E-state index is 0.117. The fourth-order valence-corrected chi connectivity index (χ4v) is 2.34. The van der Waals surface area contributed by atoms with E-state index in [0.717, 1.165) is 15.8 Å². The molecule has 3 rings (SSSR count). The van der Waals surface area contributed by atoms with Gasteiger partial charge in [-0.2, -0.15) is 0 Å². The van der Waals surface area contributed by atoms with E-state index in [0.29, 0.717) is 11.3 Å². The van der Waals surface area contributed by atoms with E-state index in [2.05, 4.69) is 20.9 Å². The molecule has 0 unspecified atom stereocenters. The summed E-state index contributed by atoms with van der Waals surface area (Å²) < 4.78 is 7.54. The number of fused-ring (bicyclic) bond motifs is 1. The molecular weight excluding hydrogens is 320 g/mol. The molecule has 2 heterocycles. The number of methoxy groups -OCH3 is 1. The van der Waals surface area contributed by atoms with Crippen molar-refractivity contribution in [3.05, 3.63) is 63.5 Å². The van der Waals surface area contributed by atoms with Crippen molar-refractivity contribution in [2.75, 3.05) is 7.11 Å². The van der Waals surface area contributed by atoms with Crippen LogP contribution in [0.15, 0.2) is 57.9 Å². The van der Waals surface area contributed by atoms with Crippen molar-refractivity contribution in [3.63, 3.8) is 0 Å². The van der Waals surface area contributed by atoms with Gasteiger partial charge in [-0.25, -0.2) is 4.98 Å². The van der Waals surface area contributed by atoms with Crippen molar-refractivity contribution < 1.29 is 4.74 Å². The van der Waals surface area contributed by atoms with Crippen molar-refractivity contribution in [3.8, 4) is 17.0 Å². The van der Waals surface area contributed by atoms with Crippen LogP contribution >= 0.6 is 15.9 Å².